The van der Waals surface area contributed by atoms with E-state index < -0.39 is 0 Å². The molecule has 0 radical (unpaired) electrons. The monoisotopic (exact) mass is 481 g/mol. The molecule has 0 aliphatic carbocycles. The van der Waals surface area contributed by atoms with Crippen LogP contribution in [-0.4, -0.2) is 34.7 Å². The molecule has 0 spiro atoms. The molecule has 3 aromatic heterocycles. The molecular formula is C21H20BrN7O2. The lowest BCUT2D eigenvalue weighted by Crippen LogP contribution is -2.23. The Bertz CT molecular complexity index is 1310. The lowest BCUT2D eigenvalue weighted by Gasteiger charge is -2.15. The van der Waals surface area contributed by atoms with Crippen LogP contribution in [0.5, 0.6) is 5.88 Å². The molecule has 4 aromatic rings. The van der Waals surface area contributed by atoms with E-state index in [9.17, 15) is 4.79 Å². The van der Waals surface area contributed by atoms with Crippen molar-refractivity contribution in [1.29, 1.82) is 0 Å². The number of halogens is 1. The number of hydrogen-bond donors (Lipinski definition) is 0. The van der Waals surface area contributed by atoms with Gasteiger partial charge in [0.15, 0.2) is 5.82 Å². The number of aryl methyl sites for hydroxylation is 4. The predicted molar refractivity (Wildman–Crippen MR) is 118 cm³/mol. The molecule has 0 fully saturated rings. The molecule has 0 saturated carbocycles. The molecular weight excluding hydrogens is 462 g/mol. The maximum Gasteiger partial charge on any atom is 0.368 e. The van der Waals surface area contributed by atoms with Crippen molar-refractivity contribution in [3.63, 3.8) is 0 Å². The Balaban J connectivity index is 1.65. The number of pyridine rings is 1. The fourth-order valence-corrected chi connectivity index (χ4v) is 3.39. The third-order valence-corrected chi connectivity index (χ3v) is 5.32. The number of aromatic nitrogens is 7. The summed E-state index contributed by atoms with van der Waals surface area (Å²) in [5, 5.41) is 7.75. The number of ether oxygens (including phenoxy) is 1. The number of nitrogens with zero attached hydrogens (tertiary/aromatic N) is 7. The van der Waals surface area contributed by atoms with Gasteiger partial charge in [0.05, 0.1) is 15.9 Å². The SMILES string of the molecule is Cc1cc(-c2ncc(Br)cn2)c(C)nc1OCc1c(C)cccc1-n1nnn(C)c1=O. The second kappa shape index (κ2) is 8.38. The lowest BCUT2D eigenvalue weighted by molar-refractivity contribution is 0.290. The number of tetrazole rings is 1. The minimum Gasteiger partial charge on any atom is -0.473 e. The quantitative estimate of drug-likeness (QED) is 0.431. The van der Waals surface area contributed by atoms with Gasteiger partial charge in [0.2, 0.25) is 5.88 Å². The second-order valence-corrected chi connectivity index (χ2v) is 8.04. The van der Waals surface area contributed by atoms with Gasteiger partial charge in [-0.1, -0.05) is 12.1 Å². The van der Waals surface area contributed by atoms with Gasteiger partial charge < -0.3 is 4.74 Å². The molecule has 0 aliphatic rings. The van der Waals surface area contributed by atoms with Crippen molar-refractivity contribution in [1.82, 2.24) is 34.7 Å². The molecule has 1 aromatic carbocycles. The van der Waals surface area contributed by atoms with Crippen molar-refractivity contribution in [3.8, 4) is 23.0 Å². The van der Waals surface area contributed by atoms with Gasteiger partial charge in [-0.05, 0) is 64.8 Å². The van der Waals surface area contributed by atoms with Crippen molar-refractivity contribution in [2.24, 2.45) is 7.05 Å². The van der Waals surface area contributed by atoms with Crippen LogP contribution in [0.15, 0.2) is 45.9 Å². The first-order valence-electron chi connectivity index (χ1n) is 9.52. The summed E-state index contributed by atoms with van der Waals surface area (Å²) in [6, 6.07) is 7.62. The summed E-state index contributed by atoms with van der Waals surface area (Å²) in [5.41, 5.74) is 4.59. The van der Waals surface area contributed by atoms with Crippen molar-refractivity contribution < 1.29 is 4.74 Å². The summed E-state index contributed by atoms with van der Waals surface area (Å²) in [6.45, 7) is 6.01. The zero-order valence-corrected chi connectivity index (χ0v) is 19.1. The van der Waals surface area contributed by atoms with Gasteiger partial charge in [-0.25, -0.2) is 19.7 Å². The third-order valence-electron chi connectivity index (χ3n) is 4.91. The van der Waals surface area contributed by atoms with Gasteiger partial charge in [0, 0.05) is 36.1 Å². The summed E-state index contributed by atoms with van der Waals surface area (Å²) in [7, 11) is 1.56. The predicted octanol–water partition coefficient (Wildman–Crippen LogP) is 3.08. The number of benzene rings is 1. The molecule has 0 bridgehead atoms. The van der Waals surface area contributed by atoms with Gasteiger partial charge in [0.1, 0.15) is 6.61 Å². The third kappa shape index (κ3) is 4.11. The van der Waals surface area contributed by atoms with Gasteiger partial charge >= 0.3 is 5.69 Å². The summed E-state index contributed by atoms with van der Waals surface area (Å²) < 4.78 is 9.34. The molecule has 0 amide bonds. The molecule has 10 heteroatoms. The highest BCUT2D eigenvalue weighted by atomic mass is 79.9. The van der Waals surface area contributed by atoms with E-state index in [-0.39, 0.29) is 12.3 Å². The van der Waals surface area contributed by atoms with E-state index >= 15 is 0 Å². The first kappa shape index (κ1) is 20.9. The number of hydrogen-bond acceptors (Lipinski definition) is 7. The van der Waals surface area contributed by atoms with Crippen LogP contribution in [0.1, 0.15) is 22.4 Å². The molecule has 0 saturated heterocycles. The first-order valence-corrected chi connectivity index (χ1v) is 10.3. The van der Waals surface area contributed by atoms with Crippen LogP contribution in [0.25, 0.3) is 17.1 Å². The molecule has 0 unspecified atom stereocenters. The van der Waals surface area contributed by atoms with E-state index in [0.29, 0.717) is 17.4 Å². The maximum atomic E-state index is 12.3. The van der Waals surface area contributed by atoms with Crippen LogP contribution in [0.4, 0.5) is 0 Å². The topological polar surface area (TPSA) is 101 Å². The molecule has 9 nitrogen and oxygen atoms in total. The van der Waals surface area contributed by atoms with Gasteiger partial charge in [-0.15, -0.1) is 0 Å². The van der Waals surface area contributed by atoms with Gasteiger partial charge in [0.25, 0.3) is 0 Å². The Morgan fingerprint density at radius 3 is 2.48 bits per heavy atom. The van der Waals surface area contributed by atoms with Crippen LogP contribution >= 0.6 is 15.9 Å². The fraction of sp³-hybridized carbons (Fsp3) is 0.238. The summed E-state index contributed by atoms with van der Waals surface area (Å²) in [4.78, 5) is 25.7. The zero-order chi connectivity index (χ0) is 22.1. The van der Waals surface area contributed by atoms with Crippen LogP contribution in [-0.2, 0) is 13.7 Å². The van der Waals surface area contributed by atoms with Crippen molar-refractivity contribution in [2.75, 3.05) is 0 Å². The van der Waals surface area contributed by atoms with E-state index in [4.69, 9.17) is 4.74 Å². The van der Waals surface area contributed by atoms with Crippen LogP contribution < -0.4 is 10.4 Å². The lowest BCUT2D eigenvalue weighted by atomic mass is 10.1. The van der Waals surface area contributed by atoms with Gasteiger partial charge in [-0.2, -0.15) is 9.36 Å². The molecule has 0 aliphatic heterocycles. The average Bonchev–Trinajstić information content (AvgIpc) is 3.08. The molecule has 0 atom stereocenters. The Labute approximate surface area is 186 Å². The Hall–Kier alpha value is -3.40. The summed E-state index contributed by atoms with van der Waals surface area (Å²) >= 11 is 3.35. The Kier molecular flexibility index (Phi) is 5.64. The van der Waals surface area contributed by atoms with E-state index in [2.05, 4.69) is 41.3 Å². The summed E-state index contributed by atoms with van der Waals surface area (Å²) in [5.74, 6) is 1.12. The zero-order valence-electron chi connectivity index (χ0n) is 17.5. The maximum absolute atomic E-state index is 12.3. The molecule has 31 heavy (non-hydrogen) atoms. The summed E-state index contributed by atoms with van der Waals surface area (Å²) in [6.07, 6.45) is 3.41. The van der Waals surface area contributed by atoms with Crippen molar-refractivity contribution >= 4 is 15.9 Å². The van der Waals surface area contributed by atoms with Crippen molar-refractivity contribution in [3.05, 3.63) is 74.0 Å². The van der Waals surface area contributed by atoms with E-state index in [0.717, 1.165) is 32.4 Å². The highest BCUT2D eigenvalue weighted by molar-refractivity contribution is 9.10. The molecule has 0 N–H and O–H groups in total. The van der Waals surface area contributed by atoms with E-state index in [1.54, 1.807) is 19.4 Å². The largest absolute Gasteiger partial charge is 0.473 e. The molecule has 3 heterocycles. The standard InChI is InChI=1S/C21H20BrN7O2/c1-12-6-5-7-18(29-21(30)28(4)26-27-29)17(12)11-31-20-13(2)8-16(14(3)25-20)19-23-9-15(22)10-24-19/h5-10H,11H2,1-4H3. The first-order chi connectivity index (χ1) is 14.8. The van der Waals surface area contributed by atoms with Crippen molar-refractivity contribution in [2.45, 2.75) is 27.4 Å². The van der Waals surface area contributed by atoms with Crippen LogP contribution in [0.2, 0.25) is 0 Å². The van der Waals surface area contributed by atoms with E-state index in [1.807, 2.05) is 45.0 Å². The molecule has 4 rings (SSSR count). The smallest absolute Gasteiger partial charge is 0.368 e. The Morgan fingerprint density at radius 2 is 1.81 bits per heavy atom. The van der Waals surface area contributed by atoms with Crippen LogP contribution in [0, 0.1) is 20.8 Å². The highest BCUT2D eigenvalue weighted by Crippen LogP contribution is 2.27. The van der Waals surface area contributed by atoms with Crippen LogP contribution in [0.3, 0.4) is 0 Å². The minimum atomic E-state index is -0.323. The minimum absolute atomic E-state index is 0.229. The highest BCUT2D eigenvalue weighted by Gasteiger charge is 2.16. The fourth-order valence-electron chi connectivity index (χ4n) is 3.19. The molecule has 158 valence electrons. The van der Waals surface area contributed by atoms with Gasteiger partial charge in [-0.3, -0.25) is 0 Å². The average molecular weight is 482 g/mol. The Morgan fingerprint density at radius 1 is 1.06 bits per heavy atom. The second-order valence-electron chi connectivity index (χ2n) is 7.13. The normalized spacial score (nSPS) is 11.0. The van der Waals surface area contributed by atoms with E-state index in [1.165, 1.54) is 9.36 Å². The number of rotatable bonds is 5.